The Morgan fingerprint density at radius 2 is 2.23 bits per heavy atom. The molecule has 0 aromatic heterocycles. The smallest absolute Gasteiger partial charge is 0.151 e. The van der Waals surface area contributed by atoms with Crippen molar-refractivity contribution in [2.45, 2.75) is 18.9 Å². The lowest BCUT2D eigenvalue weighted by Crippen LogP contribution is -1.99. The Bertz CT molecular complexity index is 334. The number of hydrogen-bond acceptors (Lipinski definition) is 4. The zero-order valence-corrected chi connectivity index (χ0v) is 7.03. The van der Waals surface area contributed by atoms with Crippen LogP contribution in [0.15, 0.2) is 23.4 Å². The van der Waals surface area contributed by atoms with Crippen molar-refractivity contribution < 1.29 is 5.11 Å². The van der Waals surface area contributed by atoms with Crippen molar-refractivity contribution >= 4 is 11.4 Å². The number of nitroso groups, excluding NO2 is 1. The number of hydrogen-bond donors (Lipinski definition) is 2. The molecule has 13 heavy (non-hydrogen) atoms. The number of nitrogens with zero attached hydrogens (tertiary/aromatic N) is 1. The highest BCUT2D eigenvalue weighted by Gasteiger charge is 2.20. The van der Waals surface area contributed by atoms with Gasteiger partial charge in [0.2, 0.25) is 0 Å². The molecular formula is C9H10N2O2. The molecule has 1 aliphatic rings. The van der Waals surface area contributed by atoms with Crippen molar-refractivity contribution in [1.82, 2.24) is 0 Å². The Morgan fingerprint density at radius 3 is 2.85 bits per heavy atom. The van der Waals surface area contributed by atoms with Gasteiger partial charge in [-0.05, 0) is 36.2 Å². The van der Waals surface area contributed by atoms with Crippen molar-refractivity contribution in [1.29, 1.82) is 0 Å². The number of phenols is 1. The molecule has 1 aromatic rings. The standard InChI is InChI=1S/C9H10N2O2/c12-9-4-3-7(5-8(9)11-13)10-6-1-2-6/h3-6,10,12H,1-2H2. The molecule has 1 fully saturated rings. The zero-order valence-electron chi connectivity index (χ0n) is 7.03. The second kappa shape index (κ2) is 3.05. The summed E-state index contributed by atoms with van der Waals surface area (Å²) in [7, 11) is 0. The fourth-order valence-electron chi connectivity index (χ4n) is 1.15. The number of aromatic hydroxyl groups is 1. The first-order valence-electron chi connectivity index (χ1n) is 4.22. The summed E-state index contributed by atoms with van der Waals surface area (Å²) in [6.45, 7) is 0. The van der Waals surface area contributed by atoms with Crippen LogP contribution in [0.1, 0.15) is 12.8 Å². The predicted octanol–water partition coefficient (Wildman–Crippen LogP) is 2.36. The normalized spacial score (nSPS) is 15.4. The molecule has 0 aliphatic heterocycles. The SMILES string of the molecule is O=Nc1cc(NC2CC2)ccc1O. The van der Waals surface area contributed by atoms with Crippen LogP contribution in [0.3, 0.4) is 0 Å². The molecule has 2 N–H and O–H groups in total. The third kappa shape index (κ3) is 1.77. The molecule has 0 saturated heterocycles. The first-order chi connectivity index (χ1) is 6.29. The van der Waals surface area contributed by atoms with E-state index >= 15 is 0 Å². The van der Waals surface area contributed by atoms with E-state index in [1.165, 1.54) is 18.9 Å². The summed E-state index contributed by atoms with van der Waals surface area (Å²) in [4.78, 5) is 10.2. The van der Waals surface area contributed by atoms with Gasteiger partial charge < -0.3 is 10.4 Å². The number of benzene rings is 1. The Labute approximate surface area is 75.6 Å². The average Bonchev–Trinajstić information content (AvgIpc) is 2.92. The van der Waals surface area contributed by atoms with E-state index in [0.717, 1.165) is 5.69 Å². The summed E-state index contributed by atoms with van der Waals surface area (Å²) in [6.07, 6.45) is 2.34. The summed E-state index contributed by atoms with van der Waals surface area (Å²) in [5.41, 5.74) is 0.931. The quantitative estimate of drug-likeness (QED) is 0.551. The fraction of sp³-hybridized carbons (Fsp3) is 0.333. The van der Waals surface area contributed by atoms with E-state index in [2.05, 4.69) is 10.5 Å². The van der Waals surface area contributed by atoms with E-state index in [0.29, 0.717) is 6.04 Å². The molecule has 0 unspecified atom stereocenters. The van der Waals surface area contributed by atoms with Crippen LogP contribution in [0.2, 0.25) is 0 Å². The van der Waals surface area contributed by atoms with Gasteiger partial charge in [0, 0.05) is 11.7 Å². The highest BCUT2D eigenvalue weighted by atomic mass is 16.3. The minimum absolute atomic E-state index is 0.0728. The van der Waals surface area contributed by atoms with Gasteiger partial charge in [-0.3, -0.25) is 0 Å². The summed E-state index contributed by atoms with van der Waals surface area (Å²) >= 11 is 0. The lowest BCUT2D eigenvalue weighted by atomic mass is 10.2. The Hall–Kier alpha value is -1.58. The lowest BCUT2D eigenvalue weighted by molar-refractivity contribution is 0.477. The van der Waals surface area contributed by atoms with Gasteiger partial charge in [-0.25, -0.2) is 0 Å². The molecule has 0 heterocycles. The molecule has 68 valence electrons. The van der Waals surface area contributed by atoms with E-state index in [4.69, 9.17) is 5.11 Å². The van der Waals surface area contributed by atoms with E-state index in [1.807, 2.05) is 0 Å². The number of phenolic OH excluding ortho intramolecular Hbond substituents is 1. The monoisotopic (exact) mass is 178 g/mol. The first kappa shape index (κ1) is 8.04. The van der Waals surface area contributed by atoms with Gasteiger partial charge in [-0.2, -0.15) is 0 Å². The van der Waals surface area contributed by atoms with Crippen LogP contribution >= 0.6 is 0 Å². The van der Waals surface area contributed by atoms with E-state index < -0.39 is 0 Å². The maximum absolute atomic E-state index is 10.2. The van der Waals surface area contributed by atoms with Gasteiger partial charge in [0.1, 0.15) is 5.75 Å². The molecule has 1 aliphatic carbocycles. The van der Waals surface area contributed by atoms with Crippen LogP contribution in [0.25, 0.3) is 0 Å². The highest BCUT2D eigenvalue weighted by Crippen LogP contribution is 2.31. The summed E-state index contributed by atoms with van der Waals surface area (Å²) in [5, 5.41) is 15.1. The largest absolute Gasteiger partial charge is 0.506 e. The lowest BCUT2D eigenvalue weighted by Gasteiger charge is -2.04. The van der Waals surface area contributed by atoms with E-state index in [-0.39, 0.29) is 11.4 Å². The van der Waals surface area contributed by atoms with E-state index in [1.54, 1.807) is 12.1 Å². The third-order valence-electron chi connectivity index (χ3n) is 2.02. The first-order valence-corrected chi connectivity index (χ1v) is 4.22. The Kier molecular flexibility index (Phi) is 1.88. The van der Waals surface area contributed by atoms with Crippen LogP contribution < -0.4 is 5.32 Å². The predicted molar refractivity (Wildman–Crippen MR) is 50.2 cm³/mol. The summed E-state index contributed by atoms with van der Waals surface area (Å²) < 4.78 is 0. The van der Waals surface area contributed by atoms with E-state index in [9.17, 15) is 4.91 Å². The van der Waals surface area contributed by atoms with Crippen LogP contribution in [-0.4, -0.2) is 11.1 Å². The van der Waals surface area contributed by atoms with Crippen molar-refractivity contribution in [2.24, 2.45) is 5.18 Å². The van der Waals surface area contributed by atoms with Crippen LogP contribution in [-0.2, 0) is 0 Å². The van der Waals surface area contributed by atoms with Crippen LogP contribution in [0.5, 0.6) is 5.75 Å². The topological polar surface area (TPSA) is 61.7 Å². The molecule has 0 bridgehead atoms. The molecule has 1 aromatic carbocycles. The molecule has 0 radical (unpaired) electrons. The highest BCUT2D eigenvalue weighted by molar-refractivity contribution is 5.61. The second-order valence-corrected chi connectivity index (χ2v) is 3.21. The van der Waals surface area contributed by atoms with Crippen LogP contribution in [0.4, 0.5) is 11.4 Å². The summed E-state index contributed by atoms with van der Waals surface area (Å²) in [5.74, 6) is -0.0728. The van der Waals surface area contributed by atoms with Gasteiger partial charge >= 0.3 is 0 Å². The van der Waals surface area contributed by atoms with Crippen LogP contribution in [0, 0.1) is 4.91 Å². The fourth-order valence-corrected chi connectivity index (χ4v) is 1.15. The molecule has 1 saturated carbocycles. The number of nitrogens with one attached hydrogen (secondary N) is 1. The number of rotatable bonds is 3. The molecule has 4 nitrogen and oxygen atoms in total. The molecule has 4 heteroatoms. The van der Waals surface area contributed by atoms with Crippen molar-refractivity contribution in [3.8, 4) is 5.75 Å². The molecule has 0 atom stereocenters. The molecule has 2 rings (SSSR count). The third-order valence-corrected chi connectivity index (χ3v) is 2.02. The molecular weight excluding hydrogens is 168 g/mol. The average molecular weight is 178 g/mol. The van der Waals surface area contributed by atoms with Gasteiger partial charge in [0.05, 0.1) is 0 Å². The maximum Gasteiger partial charge on any atom is 0.151 e. The van der Waals surface area contributed by atoms with Gasteiger partial charge in [0.15, 0.2) is 5.69 Å². The maximum atomic E-state index is 10.2. The minimum atomic E-state index is -0.0728. The number of anilines is 1. The van der Waals surface area contributed by atoms with Crippen molar-refractivity contribution in [2.75, 3.05) is 5.32 Å². The van der Waals surface area contributed by atoms with Crippen molar-refractivity contribution in [3.63, 3.8) is 0 Å². The Balaban J connectivity index is 2.20. The molecule has 0 amide bonds. The zero-order chi connectivity index (χ0) is 9.26. The van der Waals surface area contributed by atoms with Gasteiger partial charge in [-0.15, -0.1) is 4.91 Å². The van der Waals surface area contributed by atoms with Gasteiger partial charge in [0.25, 0.3) is 0 Å². The summed E-state index contributed by atoms with van der Waals surface area (Å²) in [6, 6.07) is 5.30. The second-order valence-electron chi connectivity index (χ2n) is 3.21. The minimum Gasteiger partial charge on any atom is -0.506 e. The molecule has 0 spiro atoms. The van der Waals surface area contributed by atoms with Gasteiger partial charge in [-0.1, -0.05) is 0 Å². The van der Waals surface area contributed by atoms with Crippen molar-refractivity contribution in [3.05, 3.63) is 23.1 Å². The Morgan fingerprint density at radius 1 is 1.46 bits per heavy atom.